The molecule has 0 atom stereocenters. The Hall–Kier alpha value is -3.05. The van der Waals surface area contributed by atoms with Crippen LogP contribution in [0.1, 0.15) is 42.0 Å². The highest BCUT2D eigenvalue weighted by Crippen LogP contribution is 2.32. The van der Waals surface area contributed by atoms with Gasteiger partial charge in [0.2, 0.25) is 0 Å². The van der Waals surface area contributed by atoms with Crippen LogP contribution in [0.15, 0.2) is 60.7 Å². The van der Waals surface area contributed by atoms with Gasteiger partial charge in [0.1, 0.15) is 0 Å². The summed E-state index contributed by atoms with van der Waals surface area (Å²) in [6.07, 6.45) is 0.672. The second-order valence-corrected chi connectivity index (χ2v) is 7.00. The summed E-state index contributed by atoms with van der Waals surface area (Å²) in [6.45, 7) is 6.86. The van der Waals surface area contributed by atoms with Gasteiger partial charge in [0.25, 0.3) is 0 Å². The molecule has 0 saturated heterocycles. The fourth-order valence-corrected chi connectivity index (χ4v) is 3.08. The lowest BCUT2D eigenvalue weighted by atomic mass is 10.0. The molecule has 0 amide bonds. The molecule has 0 aliphatic heterocycles. The van der Waals surface area contributed by atoms with E-state index in [1.54, 1.807) is 0 Å². The fourth-order valence-electron chi connectivity index (χ4n) is 3.08. The van der Waals surface area contributed by atoms with E-state index in [0.717, 1.165) is 5.56 Å². The van der Waals surface area contributed by atoms with Crippen molar-refractivity contribution in [2.75, 3.05) is 6.61 Å². The maximum Gasteiger partial charge on any atom is 0.384 e. The van der Waals surface area contributed by atoms with E-state index in [1.165, 1.54) is 27.8 Å². The van der Waals surface area contributed by atoms with Crippen LogP contribution in [-0.4, -0.2) is 12.6 Å². The molecular formula is C25H24O2. The number of fused-ring (bicyclic) bond motifs is 1. The number of hydrogen-bond donors (Lipinski definition) is 0. The first kappa shape index (κ1) is 18.7. The van der Waals surface area contributed by atoms with Gasteiger partial charge in [0.15, 0.2) is 0 Å². The van der Waals surface area contributed by atoms with E-state index in [2.05, 4.69) is 62.9 Å². The standard InChI is InChI=1S/C25H24O2/c1-18(2)22-12-11-21(23-13-9-19(3)24(23)17-22)15-16-27-25(26)14-10-20-7-5-4-6-8-20/h4-9,11-13,17-18H,15-16H2,1-3H3. The van der Waals surface area contributed by atoms with Gasteiger partial charge in [0.05, 0.1) is 6.61 Å². The van der Waals surface area contributed by atoms with E-state index in [1.807, 2.05) is 30.3 Å². The summed E-state index contributed by atoms with van der Waals surface area (Å²) in [5, 5.41) is 0. The van der Waals surface area contributed by atoms with Gasteiger partial charge in [-0.2, -0.15) is 0 Å². The van der Waals surface area contributed by atoms with Crippen molar-refractivity contribution in [1.82, 2.24) is 0 Å². The molecule has 0 bridgehead atoms. The minimum Gasteiger partial charge on any atom is -0.456 e. The predicted molar refractivity (Wildman–Crippen MR) is 110 cm³/mol. The van der Waals surface area contributed by atoms with Gasteiger partial charge in [-0.25, -0.2) is 4.79 Å². The van der Waals surface area contributed by atoms with Gasteiger partial charge in [-0.05, 0) is 52.8 Å². The first-order valence-corrected chi connectivity index (χ1v) is 9.30. The second-order valence-electron chi connectivity index (χ2n) is 7.00. The fraction of sp³-hybridized carbons (Fsp3) is 0.240. The summed E-state index contributed by atoms with van der Waals surface area (Å²) in [5.74, 6) is 5.35. The Labute approximate surface area is 161 Å². The Balaban J connectivity index is 1.68. The average Bonchev–Trinajstić information content (AvgIpc) is 2.91. The highest BCUT2D eigenvalue weighted by molar-refractivity contribution is 5.89. The lowest BCUT2D eigenvalue weighted by molar-refractivity contribution is -0.136. The van der Waals surface area contributed by atoms with E-state index >= 15 is 0 Å². The van der Waals surface area contributed by atoms with Gasteiger partial charge >= 0.3 is 5.97 Å². The van der Waals surface area contributed by atoms with E-state index in [9.17, 15) is 4.79 Å². The lowest BCUT2D eigenvalue weighted by Gasteiger charge is -2.05. The number of carbonyl (C=O) groups is 1. The second kappa shape index (κ2) is 8.56. The van der Waals surface area contributed by atoms with Gasteiger partial charge in [0, 0.05) is 17.9 Å². The topological polar surface area (TPSA) is 26.3 Å². The van der Waals surface area contributed by atoms with Gasteiger partial charge < -0.3 is 4.74 Å². The van der Waals surface area contributed by atoms with Crippen LogP contribution in [0.5, 0.6) is 0 Å². The lowest BCUT2D eigenvalue weighted by Crippen LogP contribution is -2.05. The number of esters is 1. The normalized spacial score (nSPS) is 10.5. The Morgan fingerprint density at radius 1 is 1.00 bits per heavy atom. The Bertz CT molecular complexity index is 959. The van der Waals surface area contributed by atoms with Gasteiger partial charge in [-0.3, -0.25) is 0 Å². The number of benzene rings is 1. The Morgan fingerprint density at radius 2 is 1.78 bits per heavy atom. The number of rotatable bonds is 4. The zero-order valence-corrected chi connectivity index (χ0v) is 16.1. The number of ether oxygens (including phenoxy) is 1. The third-order valence-corrected chi connectivity index (χ3v) is 4.70. The largest absolute Gasteiger partial charge is 0.456 e. The Kier molecular flexibility index (Phi) is 5.94. The molecule has 0 saturated carbocycles. The molecule has 0 aromatic heterocycles. The first-order valence-electron chi connectivity index (χ1n) is 9.30. The van der Waals surface area contributed by atoms with Crippen molar-refractivity contribution in [3.63, 3.8) is 0 Å². The van der Waals surface area contributed by atoms with Gasteiger partial charge in [-0.15, -0.1) is 0 Å². The quantitative estimate of drug-likeness (QED) is 0.465. The zero-order chi connectivity index (χ0) is 19.2. The van der Waals surface area contributed by atoms with Crippen LogP contribution >= 0.6 is 0 Å². The van der Waals surface area contributed by atoms with E-state index in [0.29, 0.717) is 18.9 Å². The molecule has 0 radical (unpaired) electrons. The monoisotopic (exact) mass is 356 g/mol. The van der Waals surface area contributed by atoms with Gasteiger partial charge in [-0.1, -0.05) is 68.3 Å². The molecule has 2 heteroatoms. The molecule has 1 aromatic rings. The van der Waals surface area contributed by atoms with Crippen LogP contribution in [0.2, 0.25) is 0 Å². The van der Waals surface area contributed by atoms with Crippen LogP contribution < -0.4 is 0 Å². The van der Waals surface area contributed by atoms with Crippen molar-refractivity contribution >= 4 is 5.97 Å². The van der Waals surface area contributed by atoms with Crippen molar-refractivity contribution in [3.05, 3.63) is 82.9 Å². The molecule has 2 aliphatic rings. The highest BCUT2D eigenvalue weighted by Gasteiger charge is 2.12. The highest BCUT2D eigenvalue weighted by atomic mass is 16.5. The van der Waals surface area contributed by atoms with Crippen molar-refractivity contribution in [3.8, 4) is 23.0 Å². The van der Waals surface area contributed by atoms with Crippen molar-refractivity contribution in [1.29, 1.82) is 0 Å². The van der Waals surface area contributed by atoms with Crippen molar-refractivity contribution in [2.45, 2.75) is 33.1 Å². The molecule has 0 unspecified atom stereocenters. The van der Waals surface area contributed by atoms with Crippen LogP contribution in [0, 0.1) is 18.8 Å². The van der Waals surface area contributed by atoms with E-state index < -0.39 is 5.97 Å². The summed E-state index contributed by atoms with van der Waals surface area (Å²) in [5.41, 5.74) is 7.08. The number of aryl methyl sites for hydroxylation is 1. The summed E-state index contributed by atoms with van der Waals surface area (Å²) >= 11 is 0. The maximum atomic E-state index is 11.9. The molecule has 27 heavy (non-hydrogen) atoms. The predicted octanol–water partition coefficient (Wildman–Crippen LogP) is 5.36. The molecule has 0 fully saturated rings. The van der Waals surface area contributed by atoms with Crippen molar-refractivity contribution in [2.24, 2.45) is 0 Å². The molecule has 2 nitrogen and oxygen atoms in total. The minimum absolute atomic E-state index is 0.322. The Morgan fingerprint density at radius 3 is 2.52 bits per heavy atom. The average molecular weight is 356 g/mol. The van der Waals surface area contributed by atoms with E-state index in [-0.39, 0.29) is 0 Å². The number of carbonyl (C=O) groups excluding carboxylic acids is 1. The van der Waals surface area contributed by atoms with Crippen LogP contribution in [0.25, 0.3) is 11.1 Å². The summed E-state index contributed by atoms with van der Waals surface area (Å²) in [6, 6.07) is 20.3. The molecule has 0 heterocycles. The number of hydrogen-bond acceptors (Lipinski definition) is 2. The summed E-state index contributed by atoms with van der Waals surface area (Å²) < 4.78 is 5.32. The molecule has 3 rings (SSSR count). The van der Waals surface area contributed by atoms with Crippen LogP contribution in [0.4, 0.5) is 0 Å². The zero-order valence-electron chi connectivity index (χ0n) is 16.1. The third kappa shape index (κ3) is 4.77. The first-order chi connectivity index (χ1) is 13.0. The minimum atomic E-state index is -0.489. The summed E-state index contributed by atoms with van der Waals surface area (Å²) in [7, 11) is 0. The molecule has 0 N–H and O–H groups in total. The molecule has 2 aliphatic carbocycles. The van der Waals surface area contributed by atoms with E-state index in [4.69, 9.17) is 4.74 Å². The molecule has 1 aromatic carbocycles. The molecule has 0 spiro atoms. The molecule has 136 valence electrons. The SMILES string of the molecule is Cc1ccc2c(CCOC(=O)C#Cc3ccccc3)ccc(C(C)C)cc1-2. The smallest absolute Gasteiger partial charge is 0.384 e. The maximum absolute atomic E-state index is 11.9. The van der Waals surface area contributed by atoms with Crippen LogP contribution in [-0.2, 0) is 16.0 Å². The van der Waals surface area contributed by atoms with Crippen LogP contribution in [0.3, 0.4) is 0 Å². The van der Waals surface area contributed by atoms with Crippen molar-refractivity contribution < 1.29 is 9.53 Å². The summed E-state index contributed by atoms with van der Waals surface area (Å²) in [4.78, 5) is 11.9. The third-order valence-electron chi connectivity index (χ3n) is 4.70. The molecular weight excluding hydrogens is 332 g/mol.